The van der Waals surface area contributed by atoms with Crippen molar-refractivity contribution in [3.63, 3.8) is 0 Å². The second kappa shape index (κ2) is 6.28. The molecule has 1 unspecified atom stereocenters. The van der Waals surface area contributed by atoms with E-state index in [4.69, 9.17) is 9.47 Å². The third-order valence-electron chi connectivity index (χ3n) is 2.63. The Morgan fingerprint density at radius 3 is 2.38 bits per heavy atom. The Labute approximate surface area is 96.4 Å². The quantitative estimate of drug-likeness (QED) is 0.740. The van der Waals surface area contributed by atoms with Gasteiger partial charge in [0.25, 0.3) is 0 Å². The molecule has 0 bridgehead atoms. The molecule has 0 aliphatic carbocycles. The smallest absolute Gasteiger partial charge is 0.161 e. The summed E-state index contributed by atoms with van der Waals surface area (Å²) in [6, 6.07) is 7.76. The maximum Gasteiger partial charge on any atom is 0.161 e. The minimum atomic E-state index is -0.307. The molecule has 0 spiro atoms. The summed E-state index contributed by atoms with van der Waals surface area (Å²) in [6.45, 7) is 1.77. The monoisotopic (exact) mass is 222 g/mol. The number of benzene rings is 1. The average molecular weight is 222 g/mol. The maximum atomic E-state index is 11.5. The normalized spacial score (nSPS) is 12.2. The van der Waals surface area contributed by atoms with Crippen LogP contribution in [0.25, 0.3) is 0 Å². The van der Waals surface area contributed by atoms with Crippen LogP contribution in [0.15, 0.2) is 24.3 Å². The van der Waals surface area contributed by atoms with Gasteiger partial charge in [0.1, 0.15) is 11.9 Å². The van der Waals surface area contributed by atoms with E-state index in [2.05, 4.69) is 0 Å². The molecule has 1 rings (SSSR count). The predicted octanol–water partition coefficient (Wildman–Crippen LogP) is 2.23. The highest BCUT2D eigenvalue weighted by Gasteiger charge is 2.11. The highest BCUT2D eigenvalue weighted by molar-refractivity contribution is 5.82. The van der Waals surface area contributed by atoms with Crippen LogP contribution in [0.1, 0.15) is 18.9 Å². The van der Waals surface area contributed by atoms with Crippen molar-refractivity contribution in [1.82, 2.24) is 0 Å². The molecule has 0 amide bonds. The summed E-state index contributed by atoms with van der Waals surface area (Å²) >= 11 is 0. The first-order valence-electron chi connectivity index (χ1n) is 5.35. The van der Waals surface area contributed by atoms with E-state index in [0.29, 0.717) is 6.42 Å². The van der Waals surface area contributed by atoms with Crippen molar-refractivity contribution in [1.29, 1.82) is 0 Å². The fourth-order valence-electron chi connectivity index (χ4n) is 1.39. The van der Waals surface area contributed by atoms with Gasteiger partial charge >= 0.3 is 0 Å². The maximum absolute atomic E-state index is 11.5. The first kappa shape index (κ1) is 12.7. The van der Waals surface area contributed by atoms with Crippen molar-refractivity contribution in [3.05, 3.63) is 29.8 Å². The molecule has 0 fully saturated rings. The van der Waals surface area contributed by atoms with Crippen LogP contribution in [-0.4, -0.2) is 26.1 Å². The Bertz CT molecular complexity index is 330. The summed E-state index contributed by atoms with van der Waals surface area (Å²) in [6.07, 6.45) is 0.955. The van der Waals surface area contributed by atoms with Gasteiger partial charge in [0, 0.05) is 13.5 Å². The van der Waals surface area contributed by atoms with Crippen LogP contribution < -0.4 is 4.74 Å². The molecule has 88 valence electrons. The summed E-state index contributed by atoms with van der Waals surface area (Å²) in [5.41, 5.74) is 1.14. The number of aryl methyl sites for hydroxylation is 1. The van der Waals surface area contributed by atoms with Crippen LogP contribution in [0.5, 0.6) is 5.75 Å². The number of methoxy groups -OCH3 is 2. The van der Waals surface area contributed by atoms with Crippen LogP contribution in [0.3, 0.4) is 0 Å². The Kier molecular flexibility index (Phi) is 4.99. The van der Waals surface area contributed by atoms with Gasteiger partial charge in [-0.2, -0.15) is 0 Å². The lowest BCUT2D eigenvalue weighted by Crippen LogP contribution is -2.19. The lowest BCUT2D eigenvalue weighted by Gasteiger charge is -2.08. The number of hydrogen-bond donors (Lipinski definition) is 0. The van der Waals surface area contributed by atoms with Gasteiger partial charge in [0.15, 0.2) is 5.78 Å². The molecule has 0 N–H and O–H groups in total. The van der Waals surface area contributed by atoms with Crippen LogP contribution in [0.2, 0.25) is 0 Å². The lowest BCUT2D eigenvalue weighted by molar-refractivity contribution is -0.127. The molecule has 0 radical (unpaired) electrons. The van der Waals surface area contributed by atoms with Crippen molar-refractivity contribution in [2.45, 2.75) is 25.9 Å². The molecule has 1 aromatic rings. The number of ether oxygens (including phenoxy) is 2. The van der Waals surface area contributed by atoms with Crippen LogP contribution in [-0.2, 0) is 16.0 Å². The molecule has 0 saturated carbocycles. The van der Waals surface area contributed by atoms with Gasteiger partial charge in [-0.3, -0.25) is 4.79 Å². The number of hydrogen-bond acceptors (Lipinski definition) is 3. The number of rotatable bonds is 6. The summed E-state index contributed by atoms with van der Waals surface area (Å²) in [5, 5.41) is 0. The Hall–Kier alpha value is -1.35. The standard InChI is InChI=1S/C13H18O3/c1-10(15-2)13(14)9-6-11-4-7-12(16-3)8-5-11/h4-5,7-8,10H,6,9H2,1-3H3. The SMILES string of the molecule is COc1ccc(CCC(=O)C(C)OC)cc1. The van der Waals surface area contributed by atoms with Gasteiger partial charge in [0.05, 0.1) is 7.11 Å². The minimum Gasteiger partial charge on any atom is -0.497 e. The zero-order valence-corrected chi connectivity index (χ0v) is 10.0. The average Bonchev–Trinajstić information content (AvgIpc) is 2.35. The Balaban J connectivity index is 2.45. The van der Waals surface area contributed by atoms with Gasteiger partial charge in [-0.1, -0.05) is 12.1 Å². The lowest BCUT2D eigenvalue weighted by atomic mass is 10.1. The number of ketones is 1. The minimum absolute atomic E-state index is 0.137. The van der Waals surface area contributed by atoms with Gasteiger partial charge in [-0.25, -0.2) is 0 Å². The molecule has 0 heterocycles. The fraction of sp³-hybridized carbons (Fsp3) is 0.462. The zero-order chi connectivity index (χ0) is 12.0. The first-order chi connectivity index (χ1) is 7.67. The third-order valence-corrected chi connectivity index (χ3v) is 2.63. The third kappa shape index (κ3) is 3.66. The molecule has 1 aromatic carbocycles. The van der Waals surface area contributed by atoms with E-state index < -0.39 is 0 Å². The molecular weight excluding hydrogens is 204 g/mol. The largest absolute Gasteiger partial charge is 0.497 e. The second-order valence-corrected chi connectivity index (χ2v) is 3.69. The van der Waals surface area contributed by atoms with Crippen molar-refractivity contribution in [3.8, 4) is 5.75 Å². The van der Waals surface area contributed by atoms with Crippen molar-refractivity contribution < 1.29 is 14.3 Å². The summed E-state index contributed by atoms with van der Waals surface area (Å²) < 4.78 is 10.0. The molecular formula is C13H18O3. The highest BCUT2D eigenvalue weighted by Crippen LogP contribution is 2.13. The molecule has 16 heavy (non-hydrogen) atoms. The van der Waals surface area contributed by atoms with Gasteiger partial charge < -0.3 is 9.47 Å². The summed E-state index contributed by atoms with van der Waals surface area (Å²) in [4.78, 5) is 11.5. The van der Waals surface area contributed by atoms with E-state index in [0.717, 1.165) is 17.7 Å². The molecule has 3 nitrogen and oxygen atoms in total. The Morgan fingerprint density at radius 2 is 1.88 bits per heavy atom. The molecule has 0 aromatic heterocycles. The van der Waals surface area contributed by atoms with E-state index in [-0.39, 0.29) is 11.9 Å². The van der Waals surface area contributed by atoms with Gasteiger partial charge in [0.2, 0.25) is 0 Å². The topological polar surface area (TPSA) is 35.5 Å². The molecule has 1 atom stereocenters. The van der Waals surface area contributed by atoms with Gasteiger partial charge in [-0.15, -0.1) is 0 Å². The van der Waals surface area contributed by atoms with Crippen molar-refractivity contribution in [2.75, 3.05) is 14.2 Å². The van der Waals surface area contributed by atoms with E-state index in [1.54, 1.807) is 21.1 Å². The molecule has 0 aliphatic heterocycles. The van der Waals surface area contributed by atoms with Crippen LogP contribution in [0.4, 0.5) is 0 Å². The summed E-state index contributed by atoms with van der Waals surface area (Å²) in [7, 11) is 3.19. The van der Waals surface area contributed by atoms with Crippen molar-refractivity contribution in [2.24, 2.45) is 0 Å². The van der Waals surface area contributed by atoms with E-state index in [9.17, 15) is 4.79 Å². The molecule has 0 saturated heterocycles. The number of carbonyl (C=O) groups excluding carboxylic acids is 1. The fourth-order valence-corrected chi connectivity index (χ4v) is 1.39. The molecule has 3 heteroatoms. The second-order valence-electron chi connectivity index (χ2n) is 3.69. The highest BCUT2D eigenvalue weighted by atomic mass is 16.5. The predicted molar refractivity (Wildman–Crippen MR) is 62.8 cm³/mol. The Morgan fingerprint density at radius 1 is 1.25 bits per heavy atom. The van der Waals surface area contributed by atoms with E-state index >= 15 is 0 Å². The van der Waals surface area contributed by atoms with E-state index in [1.165, 1.54) is 0 Å². The van der Waals surface area contributed by atoms with E-state index in [1.807, 2.05) is 24.3 Å². The van der Waals surface area contributed by atoms with Crippen molar-refractivity contribution >= 4 is 5.78 Å². The zero-order valence-electron chi connectivity index (χ0n) is 10.0. The van der Waals surface area contributed by atoms with Crippen LogP contribution >= 0.6 is 0 Å². The number of Topliss-reactive ketones (excluding diaryl/α,β-unsaturated/α-hetero) is 1. The molecule has 0 aliphatic rings. The summed E-state index contributed by atoms with van der Waals surface area (Å²) in [5.74, 6) is 0.971. The first-order valence-corrected chi connectivity index (χ1v) is 5.35. The van der Waals surface area contributed by atoms with Gasteiger partial charge in [-0.05, 0) is 31.0 Å². The number of carbonyl (C=O) groups is 1. The van der Waals surface area contributed by atoms with Crippen LogP contribution in [0, 0.1) is 0 Å².